The fraction of sp³-hybridized carbons (Fsp3) is 0.500. The van der Waals surface area contributed by atoms with Crippen LogP contribution in [0.15, 0.2) is 12.1 Å². The first-order valence-corrected chi connectivity index (χ1v) is 6.35. The summed E-state index contributed by atoms with van der Waals surface area (Å²) < 4.78 is 0. The molecule has 16 heavy (non-hydrogen) atoms. The Morgan fingerprint density at radius 1 is 1.31 bits per heavy atom. The minimum atomic E-state index is 0.214. The van der Waals surface area contributed by atoms with E-state index in [4.69, 9.17) is 28.9 Å². The van der Waals surface area contributed by atoms with Gasteiger partial charge in [-0.1, -0.05) is 30.1 Å². The molecule has 2 nitrogen and oxygen atoms in total. The topological polar surface area (TPSA) is 38.0 Å². The van der Waals surface area contributed by atoms with Gasteiger partial charge in [0.15, 0.2) is 0 Å². The van der Waals surface area contributed by atoms with Crippen molar-refractivity contribution in [2.75, 3.05) is 11.1 Å². The summed E-state index contributed by atoms with van der Waals surface area (Å²) in [6, 6.07) is 3.52. The van der Waals surface area contributed by atoms with Gasteiger partial charge in [-0.05, 0) is 37.8 Å². The van der Waals surface area contributed by atoms with Crippen LogP contribution in [0.25, 0.3) is 0 Å². The first kappa shape index (κ1) is 11.9. The van der Waals surface area contributed by atoms with Crippen molar-refractivity contribution in [2.45, 2.75) is 38.1 Å². The van der Waals surface area contributed by atoms with Crippen LogP contribution in [0.1, 0.15) is 32.6 Å². The summed E-state index contributed by atoms with van der Waals surface area (Å²) in [5, 5.41) is 4.56. The molecular formula is C12H16Cl2N2. The molecular weight excluding hydrogens is 243 g/mol. The number of hydrogen-bond acceptors (Lipinski definition) is 2. The average molecular weight is 259 g/mol. The zero-order valence-corrected chi connectivity index (χ0v) is 10.8. The molecule has 1 fully saturated rings. The summed E-state index contributed by atoms with van der Waals surface area (Å²) in [4.78, 5) is 0. The van der Waals surface area contributed by atoms with E-state index in [-0.39, 0.29) is 5.54 Å². The van der Waals surface area contributed by atoms with Gasteiger partial charge in [-0.2, -0.15) is 0 Å². The third kappa shape index (κ3) is 2.09. The van der Waals surface area contributed by atoms with Crippen molar-refractivity contribution in [3.63, 3.8) is 0 Å². The second kappa shape index (κ2) is 4.34. The van der Waals surface area contributed by atoms with Crippen LogP contribution in [0.4, 0.5) is 11.4 Å². The molecule has 0 spiro atoms. The highest BCUT2D eigenvalue weighted by molar-refractivity contribution is 6.42. The Hall–Kier alpha value is -0.600. The van der Waals surface area contributed by atoms with Gasteiger partial charge < -0.3 is 11.1 Å². The lowest BCUT2D eigenvalue weighted by Crippen LogP contribution is -2.44. The van der Waals surface area contributed by atoms with Crippen LogP contribution in [0.3, 0.4) is 0 Å². The van der Waals surface area contributed by atoms with E-state index in [1.54, 1.807) is 6.07 Å². The van der Waals surface area contributed by atoms with E-state index in [2.05, 4.69) is 12.2 Å². The Morgan fingerprint density at radius 3 is 2.44 bits per heavy atom. The van der Waals surface area contributed by atoms with Crippen LogP contribution in [-0.2, 0) is 0 Å². The van der Waals surface area contributed by atoms with Crippen molar-refractivity contribution in [3.8, 4) is 0 Å². The second-order valence-corrected chi connectivity index (χ2v) is 5.28. The van der Waals surface area contributed by atoms with Crippen LogP contribution >= 0.6 is 23.2 Å². The SMILES string of the molecule is CCC1(Nc2cc(Cl)c(Cl)cc2N)CCC1. The molecule has 1 aliphatic carbocycles. The maximum Gasteiger partial charge on any atom is 0.0614 e. The molecule has 0 unspecified atom stereocenters. The Kier molecular flexibility index (Phi) is 3.22. The summed E-state index contributed by atoms with van der Waals surface area (Å²) in [5.74, 6) is 0. The second-order valence-electron chi connectivity index (χ2n) is 4.47. The number of nitrogen functional groups attached to an aromatic ring is 1. The molecule has 0 atom stereocenters. The van der Waals surface area contributed by atoms with E-state index in [0.29, 0.717) is 15.7 Å². The van der Waals surface area contributed by atoms with Crippen LogP contribution in [0.2, 0.25) is 10.0 Å². The molecule has 1 aromatic carbocycles. The van der Waals surface area contributed by atoms with E-state index >= 15 is 0 Å². The molecule has 0 heterocycles. The Labute approximate surface area is 106 Å². The molecule has 2 rings (SSSR count). The maximum absolute atomic E-state index is 5.99. The largest absolute Gasteiger partial charge is 0.397 e. The lowest BCUT2D eigenvalue weighted by molar-refractivity contribution is 0.270. The Balaban J connectivity index is 2.24. The number of anilines is 2. The molecule has 3 N–H and O–H groups in total. The van der Waals surface area contributed by atoms with E-state index in [1.165, 1.54) is 19.3 Å². The number of nitrogens with two attached hydrogens (primary N) is 1. The smallest absolute Gasteiger partial charge is 0.0614 e. The molecule has 1 aromatic rings. The normalized spacial score (nSPS) is 17.9. The molecule has 0 saturated heterocycles. The minimum absolute atomic E-state index is 0.214. The number of rotatable bonds is 3. The highest BCUT2D eigenvalue weighted by atomic mass is 35.5. The molecule has 1 aliphatic rings. The fourth-order valence-electron chi connectivity index (χ4n) is 2.13. The third-order valence-electron chi connectivity index (χ3n) is 3.48. The van der Waals surface area contributed by atoms with E-state index in [0.717, 1.165) is 12.1 Å². The number of nitrogens with one attached hydrogen (secondary N) is 1. The summed E-state index contributed by atoms with van der Waals surface area (Å²) >= 11 is 11.9. The molecule has 4 heteroatoms. The molecule has 0 radical (unpaired) electrons. The molecule has 0 amide bonds. The van der Waals surface area contributed by atoms with Crippen molar-refractivity contribution in [1.29, 1.82) is 0 Å². The number of benzene rings is 1. The summed E-state index contributed by atoms with van der Waals surface area (Å²) in [6.07, 6.45) is 4.78. The maximum atomic E-state index is 5.99. The van der Waals surface area contributed by atoms with E-state index in [1.807, 2.05) is 6.07 Å². The van der Waals surface area contributed by atoms with Crippen molar-refractivity contribution in [2.24, 2.45) is 0 Å². The van der Waals surface area contributed by atoms with Crippen LogP contribution in [0, 0.1) is 0 Å². The van der Waals surface area contributed by atoms with Gasteiger partial charge in [-0.25, -0.2) is 0 Å². The minimum Gasteiger partial charge on any atom is -0.397 e. The highest BCUT2D eigenvalue weighted by Crippen LogP contribution is 2.40. The van der Waals surface area contributed by atoms with Crippen molar-refractivity contribution in [1.82, 2.24) is 0 Å². The highest BCUT2D eigenvalue weighted by Gasteiger charge is 2.35. The lowest BCUT2D eigenvalue weighted by Gasteiger charge is -2.43. The van der Waals surface area contributed by atoms with Gasteiger partial charge in [0, 0.05) is 5.54 Å². The predicted molar refractivity (Wildman–Crippen MR) is 71.4 cm³/mol. The van der Waals surface area contributed by atoms with Gasteiger partial charge in [0.05, 0.1) is 21.4 Å². The zero-order valence-electron chi connectivity index (χ0n) is 9.32. The van der Waals surface area contributed by atoms with Crippen LogP contribution < -0.4 is 11.1 Å². The predicted octanol–water partition coefficient (Wildman–Crippen LogP) is 4.32. The van der Waals surface area contributed by atoms with Gasteiger partial charge in [-0.15, -0.1) is 0 Å². The zero-order chi connectivity index (χ0) is 11.8. The van der Waals surface area contributed by atoms with Crippen molar-refractivity contribution in [3.05, 3.63) is 22.2 Å². The molecule has 88 valence electrons. The first-order valence-electron chi connectivity index (χ1n) is 5.59. The monoisotopic (exact) mass is 258 g/mol. The van der Waals surface area contributed by atoms with Gasteiger partial charge in [0.2, 0.25) is 0 Å². The fourth-order valence-corrected chi connectivity index (χ4v) is 2.46. The summed E-state index contributed by atoms with van der Waals surface area (Å²) in [7, 11) is 0. The van der Waals surface area contributed by atoms with Gasteiger partial charge in [-0.3, -0.25) is 0 Å². The van der Waals surface area contributed by atoms with Gasteiger partial charge in [0.1, 0.15) is 0 Å². The van der Waals surface area contributed by atoms with Gasteiger partial charge >= 0.3 is 0 Å². The molecule has 0 bridgehead atoms. The summed E-state index contributed by atoms with van der Waals surface area (Å²) in [5.41, 5.74) is 7.70. The van der Waals surface area contributed by atoms with E-state index in [9.17, 15) is 0 Å². The van der Waals surface area contributed by atoms with Crippen molar-refractivity contribution < 1.29 is 0 Å². The molecule has 1 saturated carbocycles. The van der Waals surface area contributed by atoms with Crippen molar-refractivity contribution >= 4 is 34.6 Å². The van der Waals surface area contributed by atoms with E-state index < -0.39 is 0 Å². The summed E-state index contributed by atoms with van der Waals surface area (Å²) in [6.45, 7) is 2.19. The molecule has 0 aliphatic heterocycles. The lowest BCUT2D eigenvalue weighted by atomic mass is 9.74. The third-order valence-corrected chi connectivity index (χ3v) is 4.20. The van der Waals surface area contributed by atoms with Crippen LogP contribution in [0.5, 0.6) is 0 Å². The first-order chi connectivity index (χ1) is 7.56. The average Bonchev–Trinajstić information content (AvgIpc) is 2.19. The molecule has 0 aromatic heterocycles. The van der Waals surface area contributed by atoms with Gasteiger partial charge in [0.25, 0.3) is 0 Å². The Morgan fingerprint density at radius 2 is 1.94 bits per heavy atom. The standard InChI is InChI=1S/C12H16Cl2N2/c1-2-12(4-3-5-12)16-11-7-9(14)8(13)6-10(11)15/h6-7,16H,2-5,15H2,1H3. The van der Waals surface area contributed by atoms with Crippen LogP contribution in [-0.4, -0.2) is 5.54 Å². The number of hydrogen-bond donors (Lipinski definition) is 2. The Bertz CT molecular complexity index is 395. The number of halogens is 2. The quantitative estimate of drug-likeness (QED) is 0.793.